The minimum Gasteiger partial charge on any atom is -0.481 e. The molecule has 1 spiro atoms. The van der Waals surface area contributed by atoms with Crippen molar-refractivity contribution < 1.29 is 14.7 Å². The van der Waals surface area contributed by atoms with Gasteiger partial charge in [-0.05, 0) is 43.2 Å². The van der Waals surface area contributed by atoms with Crippen molar-refractivity contribution in [3.63, 3.8) is 0 Å². The summed E-state index contributed by atoms with van der Waals surface area (Å²) >= 11 is 0. The zero-order valence-electron chi connectivity index (χ0n) is 13.9. The largest absolute Gasteiger partial charge is 0.481 e. The maximum absolute atomic E-state index is 12.8. The molecule has 23 heavy (non-hydrogen) atoms. The number of carboxylic acid groups (broad SMARTS) is 1. The van der Waals surface area contributed by atoms with E-state index in [0.717, 1.165) is 19.3 Å². The number of aryl methyl sites for hydroxylation is 1. The quantitative estimate of drug-likeness (QED) is 0.848. The lowest BCUT2D eigenvalue weighted by atomic mass is 9.88. The summed E-state index contributed by atoms with van der Waals surface area (Å²) in [5.74, 6) is -0.824. The Hall–Kier alpha value is -1.84. The molecule has 1 aromatic rings. The topological polar surface area (TPSA) is 66.4 Å². The van der Waals surface area contributed by atoms with Crippen LogP contribution in [0.15, 0.2) is 24.3 Å². The van der Waals surface area contributed by atoms with Gasteiger partial charge in [0.05, 0.1) is 6.42 Å². The van der Waals surface area contributed by atoms with Gasteiger partial charge in [0.2, 0.25) is 5.91 Å². The molecule has 1 amide bonds. The predicted octanol–water partition coefficient (Wildman–Crippen LogP) is 3.04. The zero-order chi connectivity index (χ0) is 16.7. The lowest BCUT2D eigenvalue weighted by Crippen LogP contribution is -2.50. The first-order valence-corrected chi connectivity index (χ1v) is 8.58. The van der Waals surface area contributed by atoms with Gasteiger partial charge in [-0.2, -0.15) is 0 Å². The monoisotopic (exact) mass is 315 g/mol. The molecule has 124 valence electrons. The van der Waals surface area contributed by atoms with Crippen molar-refractivity contribution in [3.8, 4) is 0 Å². The van der Waals surface area contributed by atoms with Crippen molar-refractivity contribution in [2.75, 3.05) is 0 Å². The van der Waals surface area contributed by atoms with Crippen LogP contribution in [0.4, 0.5) is 0 Å². The standard InChI is InChI=1S/C19H25NO3/c1-3-18(4-2,12-16(21)22)20-17(23)15-11-19(15)10-9-13-7-5-6-8-14(13)19/h5-8,15H,3-4,9-12H2,1-2H3,(H,20,23)(H,21,22). The molecular weight excluding hydrogens is 290 g/mol. The van der Waals surface area contributed by atoms with E-state index in [4.69, 9.17) is 5.11 Å². The summed E-state index contributed by atoms with van der Waals surface area (Å²) in [4.78, 5) is 23.9. The minimum absolute atomic E-state index is 0.00239. The van der Waals surface area contributed by atoms with Crippen LogP contribution in [0.25, 0.3) is 0 Å². The van der Waals surface area contributed by atoms with Crippen LogP contribution in [-0.2, 0) is 21.4 Å². The van der Waals surface area contributed by atoms with E-state index in [9.17, 15) is 9.59 Å². The normalized spacial score (nSPS) is 25.2. The first kappa shape index (κ1) is 16.0. The van der Waals surface area contributed by atoms with E-state index in [1.54, 1.807) is 0 Å². The molecule has 4 heteroatoms. The zero-order valence-corrected chi connectivity index (χ0v) is 13.9. The molecule has 2 aliphatic rings. The van der Waals surface area contributed by atoms with Crippen LogP contribution in [-0.4, -0.2) is 22.5 Å². The molecular formula is C19H25NO3. The summed E-state index contributed by atoms with van der Waals surface area (Å²) in [5, 5.41) is 12.2. The number of aliphatic carboxylic acids is 1. The summed E-state index contributed by atoms with van der Waals surface area (Å²) in [6.07, 6.45) is 4.24. The van der Waals surface area contributed by atoms with Crippen LogP contribution in [0.2, 0.25) is 0 Å². The van der Waals surface area contributed by atoms with Crippen molar-refractivity contribution in [2.24, 2.45) is 5.92 Å². The van der Waals surface area contributed by atoms with E-state index in [1.165, 1.54) is 11.1 Å². The first-order valence-electron chi connectivity index (χ1n) is 8.58. The van der Waals surface area contributed by atoms with Crippen molar-refractivity contribution in [1.29, 1.82) is 0 Å². The van der Waals surface area contributed by atoms with E-state index < -0.39 is 11.5 Å². The fourth-order valence-corrected chi connectivity index (χ4v) is 4.30. The van der Waals surface area contributed by atoms with Crippen molar-refractivity contribution in [2.45, 2.75) is 63.3 Å². The van der Waals surface area contributed by atoms with Gasteiger partial charge in [0.15, 0.2) is 0 Å². The highest BCUT2D eigenvalue weighted by molar-refractivity contribution is 5.86. The molecule has 0 aromatic heterocycles. The second-order valence-electron chi connectivity index (χ2n) is 7.12. The Balaban J connectivity index is 1.75. The predicted molar refractivity (Wildman–Crippen MR) is 88.3 cm³/mol. The van der Waals surface area contributed by atoms with Crippen LogP contribution >= 0.6 is 0 Å². The number of benzene rings is 1. The van der Waals surface area contributed by atoms with Gasteiger partial charge in [0, 0.05) is 16.9 Å². The molecule has 3 rings (SSSR count). The molecule has 0 saturated heterocycles. The van der Waals surface area contributed by atoms with Gasteiger partial charge in [0.25, 0.3) is 0 Å². The van der Waals surface area contributed by atoms with Crippen molar-refractivity contribution in [3.05, 3.63) is 35.4 Å². The van der Waals surface area contributed by atoms with Crippen LogP contribution in [0.5, 0.6) is 0 Å². The second kappa shape index (κ2) is 5.66. The Labute approximate surface area is 137 Å². The molecule has 1 aromatic carbocycles. The summed E-state index contributed by atoms with van der Waals surface area (Å²) in [6, 6.07) is 8.41. The first-order chi connectivity index (χ1) is 11.0. The van der Waals surface area contributed by atoms with Gasteiger partial charge in [-0.25, -0.2) is 0 Å². The molecule has 0 heterocycles. The number of amides is 1. The fraction of sp³-hybridized carbons (Fsp3) is 0.579. The maximum atomic E-state index is 12.8. The third-order valence-corrected chi connectivity index (χ3v) is 6.02. The highest BCUT2D eigenvalue weighted by Crippen LogP contribution is 2.61. The Morgan fingerprint density at radius 2 is 2.00 bits per heavy atom. The van der Waals surface area contributed by atoms with E-state index >= 15 is 0 Å². The summed E-state index contributed by atoms with van der Waals surface area (Å²) in [5.41, 5.74) is 2.09. The number of carboxylic acids is 1. The third-order valence-electron chi connectivity index (χ3n) is 6.02. The van der Waals surface area contributed by atoms with Crippen LogP contribution < -0.4 is 5.32 Å². The Morgan fingerprint density at radius 3 is 2.65 bits per heavy atom. The number of carbonyl (C=O) groups is 2. The highest BCUT2D eigenvalue weighted by Gasteiger charge is 2.61. The van der Waals surface area contributed by atoms with Gasteiger partial charge in [-0.15, -0.1) is 0 Å². The number of hydrogen-bond donors (Lipinski definition) is 2. The lowest BCUT2D eigenvalue weighted by Gasteiger charge is -2.32. The SMILES string of the molecule is CCC(CC)(CC(=O)O)NC(=O)C1CC12CCc1ccccc12. The minimum atomic E-state index is -0.856. The molecule has 2 unspecified atom stereocenters. The van der Waals surface area contributed by atoms with Gasteiger partial charge in [-0.3, -0.25) is 9.59 Å². The van der Waals surface area contributed by atoms with Gasteiger partial charge in [0.1, 0.15) is 0 Å². The third kappa shape index (κ3) is 2.64. The van der Waals surface area contributed by atoms with E-state index in [-0.39, 0.29) is 23.7 Å². The molecule has 0 radical (unpaired) electrons. The average molecular weight is 315 g/mol. The molecule has 1 fully saturated rings. The average Bonchev–Trinajstić information content (AvgIpc) is 3.16. The maximum Gasteiger partial charge on any atom is 0.305 e. The lowest BCUT2D eigenvalue weighted by molar-refractivity contribution is -0.139. The van der Waals surface area contributed by atoms with Crippen LogP contribution in [0.1, 0.15) is 57.1 Å². The van der Waals surface area contributed by atoms with Crippen molar-refractivity contribution in [1.82, 2.24) is 5.32 Å². The number of nitrogens with one attached hydrogen (secondary N) is 1. The molecule has 0 aliphatic heterocycles. The second-order valence-corrected chi connectivity index (χ2v) is 7.12. The van der Waals surface area contributed by atoms with Gasteiger partial charge >= 0.3 is 5.97 Å². The van der Waals surface area contributed by atoms with E-state index in [1.807, 2.05) is 19.9 Å². The summed E-state index contributed by atoms with van der Waals surface area (Å²) in [6.45, 7) is 3.89. The molecule has 2 atom stereocenters. The number of hydrogen-bond acceptors (Lipinski definition) is 2. The van der Waals surface area contributed by atoms with E-state index in [2.05, 4.69) is 23.5 Å². The molecule has 2 N–H and O–H groups in total. The molecule has 1 saturated carbocycles. The van der Waals surface area contributed by atoms with Crippen LogP contribution in [0.3, 0.4) is 0 Å². The number of rotatable bonds is 6. The molecule has 4 nitrogen and oxygen atoms in total. The molecule has 0 bridgehead atoms. The smallest absolute Gasteiger partial charge is 0.305 e. The number of fused-ring (bicyclic) bond motifs is 2. The van der Waals surface area contributed by atoms with Crippen LogP contribution in [0, 0.1) is 5.92 Å². The number of carbonyl (C=O) groups excluding carboxylic acids is 1. The highest BCUT2D eigenvalue weighted by atomic mass is 16.4. The molecule has 2 aliphatic carbocycles. The van der Waals surface area contributed by atoms with Gasteiger partial charge in [-0.1, -0.05) is 38.1 Å². The Morgan fingerprint density at radius 1 is 1.30 bits per heavy atom. The summed E-state index contributed by atoms with van der Waals surface area (Å²) in [7, 11) is 0. The van der Waals surface area contributed by atoms with Crippen molar-refractivity contribution >= 4 is 11.9 Å². The summed E-state index contributed by atoms with van der Waals surface area (Å²) < 4.78 is 0. The Bertz CT molecular complexity index is 635. The van der Waals surface area contributed by atoms with E-state index in [0.29, 0.717) is 12.8 Å². The fourth-order valence-electron chi connectivity index (χ4n) is 4.30. The Kier molecular flexibility index (Phi) is 3.95. The van der Waals surface area contributed by atoms with Gasteiger partial charge < -0.3 is 10.4 Å².